The van der Waals surface area contributed by atoms with E-state index in [0.29, 0.717) is 50.7 Å². The van der Waals surface area contributed by atoms with Crippen molar-refractivity contribution in [3.63, 3.8) is 0 Å². The molecule has 3 aliphatic heterocycles. The quantitative estimate of drug-likeness (QED) is 0.118. The Hall–Kier alpha value is -5.22. The average Bonchev–Trinajstić information content (AvgIpc) is 3.68. The molecule has 1 aromatic heterocycles. The van der Waals surface area contributed by atoms with E-state index in [1.807, 2.05) is 54.1 Å². The van der Waals surface area contributed by atoms with Crippen LogP contribution in [0.5, 0.6) is 5.75 Å². The van der Waals surface area contributed by atoms with Gasteiger partial charge in [-0.05, 0) is 61.4 Å². The molecule has 7 rings (SSSR count). The Bertz CT molecular complexity index is 2060. The summed E-state index contributed by atoms with van der Waals surface area (Å²) >= 11 is 0. The van der Waals surface area contributed by atoms with Crippen LogP contribution in [0.2, 0.25) is 0 Å². The van der Waals surface area contributed by atoms with Gasteiger partial charge in [0.2, 0.25) is 0 Å². The lowest BCUT2D eigenvalue weighted by atomic mass is 9.82. The first-order valence-electron chi connectivity index (χ1n) is 19.9. The Morgan fingerprint density at radius 2 is 1.76 bits per heavy atom. The number of carbonyl (C=O) groups excluding carboxylic acids is 2. The molecule has 3 aromatic carbocycles. The van der Waals surface area contributed by atoms with Gasteiger partial charge < -0.3 is 35.2 Å². The highest BCUT2D eigenvalue weighted by molar-refractivity contribution is 6.03. The van der Waals surface area contributed by atoms with Gasteiger partial charge in [-0.15, -0.1) is 0 Å². The van der Waals surface area contributed by atoms with E-state index in [4.69, 9.17) is 14.6 Å². The summed E-state index contributed by atoms with van der Waals surface area (Å²) in [6, 6.07) is 19.0. The molecule has 0 saturated carbocycles. The second kappa shape index (κ2) is 18.6. The minimum absolute atomic E-state index is 0.0948. The maximum absolute atomic E-state index is 13.8. The first-order chi connectivity index (χ1) is 28.1. The fourth-order valence-electron chi connectivity index (χ4n) is 7.88. The second-order valence-electron chi connectivity index (χ2n) is 14.9. The molecule has 2 fully saturated rings. The number of nitrogens with one attached hydrogen (secondary N) is 3. The summed E-state index contributed by atoms with van der Waals surface area (Å²) < 4.78 is 54.4. The van der Waals surface area contributed by atoms with Crippen LogP contribution in [0.3, 0.4) is 0 Å². The van der Waals surface area contributed by atoms with Gasteiger partial charge in [-0.3, -0.25) is 14.5 Å². The number of halogens is 3. The van der Waals surface area contributed by atoms with Crippen LogP contribution in [-0.2, 0) is 15.7 Å². The van der Waals surface area contributed by atoms with Crippen molar-refractivity contribution in [2.24, 2.45) is 0 Å². The van der Waals surface area contributed by atoms with Crippen LogP contribution < -0.4 is 25.6 Å². The second-order valence-corrected chi connectivity index (χ2v) is 14.9. The van der Waals surface area contributed by atoms with Crippen molar-refractivity contribution in [1.29, 1.82) is 0 Å². The van der Waals surface area contributed by atoms with Gasteiger partial charge in [-0.25, -0.2) is 4.68 Å². The first-order valence-corrected chi connectivity index (χ1v) is 19.9. The molecular weight excluding hydrogens is 750 g/mol. The fraction of sp³-hybridized carbons (Fsp3) is 0.419. The van der Waals surface area contributed by atoms with Crippen LogP contribution >= 0.6 is 0 Å². The smallest absolute Gasteiger partial charge is 0.416 e. The maximum Gasteiger partial charge on any atom is 0.416 e. The summed E-state index contributed by atoms with van der Waals surface area (Å²) in [7, 11) is 0. The summed E-state index contributed by atoms with van der Waals surface area (Å²) in [6.07, 6.45) is -1.92. The molecule has 2 amide bonds. The SMILES string of the molecule is C=C(CN1CCOCC1)C(=O)Nc1cccc([C@@H]2c3cnn(-c4cccc(OCCCN5CCNCC5)c4)c3N(CC)C[C@H]2NC(=O)c2cccc(C(F)(F)F)c2)c1. The van der Waals surface area contributed by atoms with Crippen LogP contribution in [0.15, 0.2) is 91.1 Å². The lowest BCUT2D eigenvalue weighted by Gasteiger charge is -2.40. The molecule has 2 saturated heterocycles. The van der Waals surface area contributed by atoms with Crippen molar-refractivity contribution in [2.75, 3.05) is 95.5 Å². The molecule has 308 valence electrons. The molecule has 3 aliphatic rings. The van der Waals surface area contributed by atoms with Crippen LogP contribution in [0, 0.1) is 0 Å². The van der Waals surface area contributed by atoms with E-state index in [1.54, 1.807) is 12.3 Å². The highest BCUT2D eigenvalue weighted by Crippen LogP contribution is 2.42. The van der Waals surface area contributed by atoms with Gasteiger partial charge in [0.05, 0.1) is 43.3 Å². The third kappa shape index (κ3) is 9.89. The van der Waals surface area contributed by atoms with E-state index >= 15 is 0 Å². The number of aromatic nitrogens is 2. The maximum atomic E-state index is 13.8. The van der Waals surface area contributed by atoms with Crippen molar-refractivity contribution in [3.05, 3.63) is 113 Å². The van der Waals surface area contributed by atoms with E-state index in [0.717, 1.165) is 92.7 Å². The molecular formula is C43H51F3N8O4. The van der Waals surface area contributed by atoms with Gasteiger partial charge in [0.15, 0.2) is 0 Å². The fourth-order valence-corrected chi connectivity index (χ4v) is 7.88. The van der Waals surface area contributed by atoms with Gasteiger partial charge in [0, 0.05) is 99.8 Å². The number of likely N-dealkylation sites (N-methyl/N-ethyl adjacent to an activating group) is 1. The van der Waals surface area contributed by atoms with E-state index in [9.17, 15) is 22.8 Å². The predicted molar refractivity (Wildman–Crippen MR) is 217 cm³/mol. The molecule has 0 aliphatic carbocycles. The van der Waals surface area contributed by atoms with E-state index in [1.165, 1.54) is 12.1 Å². The van der Waals surface area contributed by atoms with Crippen molar-refractivity contribution in [3.8, 4) is 11.4 Å². The molecule has 2 atom stereocenters. The molecule has 4 aromatic rings. The number of morpholine rings is 1. The van der Waals surface area contributed by atoms with Crippen molar-refractivity contribution < 1.29 is 32.2 Å². The molecule has 4 heterocycles. The van der Waals surface area contributed by atoms with Gasteiger partial charge in [0.1, 0.15) is 11.6 Å². The Morgan fingerprint density at radius 1 is 0.983 bits per heavy atom. The number of ether oxygens (including phenoxy) is 2. The Kier molecular flexibility index (Phi) is 13.1. The van der Waals surface area contributed by atoms with Gasteiger partial charge in [-0.2, -0.15) is 18.3 Å². The van der Waals surface area contributed by atoms with Crippen LogP contribution in [0.1, 0.15) is 46.3 Å². The van der Waals surface area contributed by atoms with Crippen LogP contribution in [-0.4, -0.2) is 123 Å². The number of piperazine rings is 1. The molecule has 0 spiro atoms. The molecule has 3 N–H and O–H groups in total. The molecule has 0 bridgehead atoms. The number of benzene rings is 3. The minimum Gasteiger partial charge on any atom is -0.493 e. The number of carbonyl (C=O) groups is 2. The van der Waals surface area contributed by atoms with Crippen molar-refractivity contribution in [1.82, 2.24) is 30.2 Å². The zero-order chi connectivity index (χ0) is 40.6. The zero-order valence-electron chi connectivity index (χ0n) is 32.8. The van der Waals surface area contributed by atoms with E-state index in [-0.39, 0.29) is 11.5 Å². The lowest BCUT2D eigenvalue weighted by molar-refractivity contribution is -0.137. The standard InChI is InChI=1S/C43H51F3N8O4/c1-3-53-29-38(50-41(56)32-9-4-10-33(24-32)43(44,45)46)39(31-8-5-11-34(25-31)49-40(55)30(2)28-52-19-22-57-23-20-52)37-27-48-54(42(37)53)35-12-6-13-36(26-35)58-21-7-16-51-17-14-47-15-18-51/h4-6,8-13,24-27,38-39,47H,2-3,7,14-23,28-29H2,1H3,(H,49,55)(H,50,56)/t38-,39-/m1/s1. The highest BCUT2D eigenvalue weighted by Gasteiger charge is 2.39. The first kappa shape index (κ1) is 41.0. The minimum atomic E-state index is -4.60. The highest BCUT2D eigenvalue weighted by atomic mass is 19.4. The largest absolute Gasteiger partial charge is 0.493 e. The number of fused-ring (bicyclic) bond motifs is 1. The van der Waals surface area contributed by atoms with Crippen LogP contribution in [0.25, 0.3) is 5.69 Å². The Balaban J connectivity index is 1.17. The lowest BCUT2D eigenvalue weighted by Crippen LogP contribution is -2.51. The third-order valence-electron chi connectivity index (χ3n) is 10.9. The average molecular weight is 801 g/mol. The Labute approximate surface area is 337 Å². The molecule has 15 heteroatoms. The zero-order valence-corrected chi connectivity index (χ0v) is 32.8. The number of hydrogen-bond donors (Lipinski definition) is 3. The monoisotopic (exact) mass is 800 g/mol. The number of amides is 2. The summed E-state index contributed by atoms with van der Waals surface area (Å²) in [4.78, 5) is 33.8. The number of hydrogen-bond acceptors (Lipinski definition) is 9. The predicted octanol–water partition coefficient (Wildman–Crippen LogP) is 5.16. The number of alkyl halides is 3. The van der Waals surface area contributed by atoms with Gasteiger partial charge >= 0.3 is 6.18 Å². The molecule has 58 heavy (non-hydrogen) atoms. The van der Waals surface area contributed by atoms with E-state index < -0.39 is 29.6 Å². The summed E-state index contributed by atoms with van der Waals surface area (Å²) in [5.41, 5.74) is 2.36. The topological polar surface area (TPSA) is 116 Å². The number of rotatable bonds is 14. The Morgan fingerprint density at radius 3 is 2.53 bits per heavy atom. The van der Waals surface area contributed by atoms with Gasteiger partial charge in [-0.1, -0.05) is 30.8 Å². The summed E-state index contributed by atoms with van der Waals surface area (Å²) in [5, 5.41) is 14.3. The number of anilines is 2. The number of nitrogens with zero attached hydrogens (tertiary/aromatic N) is 5. The van der Waals surface area contributed by atoms with Crippen molar-refractivity contribution in [2.45, 2.75) is 31.5 Å². The molecule has 0 radical (unpaired) electrons. The van der Waals surface area contributed by atoms with E-state index in [2.05, 4.69) is 37.2 Å². The summed E-state index contributed by atoms with van der Waals surface area (Å²) in [5.74, 6) is 0.125. The van der Waals surface area contributed by atoms with Crippen molar-refractivity contribution >= 4 is 23.3 Å². The molecule has 0 unspecified atom stereocenters. The van der Waals surface area contributed by atoms with Crippen LogP contribution in [0.4, 0.5) is 24.7 Å². The normalized spacial score (nSPS) is 19.0. The molecule has 12 nitrogen and oxygen atoms in total. The summed E-state index contributed by atoms with van der Waals surface area (Å²) in [6.45, 7) is 15.6. The third-order valence-corrected chi connectivity index (χ3v) is 10.9. The van der Waals surface area contributed by atoms with Gasteiger partial charge in [0.25, 0.3) is 11.8 Å².